The van der Waals surface area contributed by atoms with E-state index >= 15 is 0 Å². The summed E-state index contributed by atoms with van der Waals surface area (Å²) in [7, 11) is 3.93. The summed E-state index contributed by atoms with van der Waals surface area (Å²) in [4.78, 5) is 25.8. The second-order valence-electron chi connectivity index (χ2n) is 6.29. The van der Waals surface area contributed by atoms with E-state index in [4.69, 9.17) is 11.6 Å². The molecule has 2 aromatic rings. The Labute approximate surface area is 164 Å². The van der Waals surface area contributed by atoms with Crippen LogP contribution in [0, 0.1) is 6.92 Å². The van der Waals surface area contributed by atoms with Crippen LogP contribution in [0.5, 0.6) is 0 Å². The van der Waals surface area contributed by atoms with Gasteiger partial charge in [-0.2, -0.15) is 5.10 Å². The van der Waals surface area contributed by atoms with Crippen molar-refractivity contribution in [3.63, 3.8) is 0 Å². The topological polar surface area (TPSA) is 73.8 Å². The highest BCUT2D eigenvalue weighted by Gasteiger charge is 2.08. The Hall–Kier alpha value is -2.86. The van der Waals surface area contributed by atoms with Crippen molar-refractivity contribution in [2.75, 3.05) is 24.3 Å². The fourth-order valence-corrected chi connectivity index (χ4v) is 2.53. The molecule has 0 radical (unpaired) electrons. The van der Waals surface area contributed by atoms with Gasteiger partial charge in [0.2, 0.25) is 11.8 Å². The molecule has 142 valence electrons. The number of hydrazone groups is 1. The summed E-state index contributed by atoms with van der Waals surface area (Å²) >= 11 is 5.89. The van der Waals surface area contributed by atoms with Crippen molar-refractivity contribution < 1.29 is 9.59 Å². The van der Waals surface area contributed by atoms with Crippen LogP contribution in [0.2, 0.25) is 5.02 Å². The average Bonchev–Trinajstić information content (AvgIpc) is 2.63. The van der Waals surface area contributed by atoms with E-state index in [-0.39, 0.29) is 24.7 Å². The van der Waals surface area contributed by atoms with Crippen LogP contribution in [0.1, 0.15) is 24.0 Å². The number of hydrogen-bond donors (Lipinski definition) is 2. The highest BCUT2D eigenvalue weighted by atomic mass is 35.5. The zero-order valence-corrected chi connectivity index (χ0v) is 16.4. The van der Waals surface area contributed by atoms with E-state index in [9.17, 15) is 9.59 Å². The Morgan fingerprint density at radius 3 is 2.37 bits per heavy atom. The van der Waals surface area contributed by atoms with Gasteiger partial charge in [0.25, 0.3) is 0 Å². The van der Waals surface area contributed by atoms with Gasteiger partial charge in [0.1, 0.15) is 0 Å². The predicted molar refractivity (Wildman–Crippen MR) is 111 cm³/mol. The van der Waals surface area contributed by atoms with E-state index < -0.39 is 0 Å². The van der Waals surface area contributed by atoms with E-state index in [1.54, 1.807) is 24.4 Å². The minimum atomic E-state index is -0.320. The van der Waals surface area contributed by atoms with Crippen molar-refractivity contribution >= 4 is 41.0 Å². The number of nitrogens with zero attached hydrogens (tertiary/aromatic N) is 2. The molecule has 0 saturated heterocycles. The summed E-state index contributed by atoms with van der Waals surface area (Å²) in [5.74, 6) is -0.557. The molecule has 0 aromatic heterocycles. The van der Waals surface area contributed by atoms with Crippen molar-refractivity contribution in [1.29, 1.82) is 0 Å². The molecule has 2 rings (SSSR count). The number of rotatable bonds is 7. The van der Waals surface area contributed by atoms with Crippen LogP contribution in [0.3, 0.4) is 0 Å². The molecule has 6 nitrogen and oxygen atoms in total. The molecular formula is C20H23ClN4O2. The van der Waals surface area contributed by atoms with E-state index in [1.165, 1.54) is 0 Å². The first-order valence-electron chi connectivity index (χ1n) is 8.50. The number of aryl methyl sites for hydroxylation is 1. The molecule has 2 N–H and O–H groups in total. The smallest absolute Gasteiger partial charge is 0.240 e. The van der Waals surface area contributed by atoms with E-state index in [0.29, 0.717) is 10.7 Å². The molecule has 0 heterocycles. The number of carbonyl (C=O) groups excluding carboxylic acids is 2. The quantitative estimate of drug-likeness (QED) is 0.564. The van der Waals surface area contributed by atoms with E-state index in [1.807, 2.05) is 50.2 Å². The van der Waals surface area contributed by atoms with Gasteiger partial charge < -0.3 is 10.2 Å². The van der Waals surface area contributed by atoms with Crippen LogP contribution >= 0.6 is 11.6 Å². The summed E-state index contributed by atoms with van der Waals surface area (Å²) in [5.41, 5.74) is 5.93. The summed E-state index contributed by atoms with van der Waals surface area (Å²) in [6, 6.07) is 13.0. The first kappa shape index (κ1) is 20.5. The van der Waals surface area contributed by atoms with Crippen molar-refractivity contribution in [2.45, 2.75) is 19.8 Å². The number of benzene rings is 2. The number of anilines is 2. The highest BCUT2D eigenvalue weighted by molar-refractivity contribution is 6.30. The van der Waals surface area contributed by atoms with Crippen molar-refractivity contribution in [2.24, 2.45) is 5.10 Å². The van der Waals surface area contributed by atoms with Crippen LogP contribution in [0.25, 0.3) is 0 Å². The third-order valence-electron chi connectivity index (χ3n) is 3.85. The Balaban J connectivity index is 1.76. The van der Waals surface area contributed by atoms with Gasteiger partial charge in [-0.25, -0.2) is 5.43 Å². The van der Waals surface area contributed by atoms with Gasteiger partial charge in [-0.05, 0) is 48.4 Å². The normalized spacial score (nSPS) is 10.7. The molecular weight excluding hydrogens is 364 g/mol. The first-order chi connectivity index (χ1) is 12.8. The summed E-state index contributed by atoms with van der Waals surface area (Å²) in [5, 5.41) is 7.30. The van der Waals surface area contributed by atoms with E-state index in [2.05, 4.69) is 15.8 Å². The van der Waals surface area contributed by atoms with Crippen molar-refractivity contribution in [3.05, 3.63) is 58.6 Å². The van der Waals surface area contributed by atoms with Crippen LogP contribution < -0.4 is 15.6 Å². The summed E-state index contributed by atoms with van der Waals surface area (Å²) in [6.45, 7) is 1.86. The molecule has 0 saturated carbocycles. The molecule has 27 heavy (non-hydrogen) atoms. The van der Waals surface area contributed by atoms with Gasteiger partial charge in [0, 0.05) is 43.3 Å². The lowest BCUT2D eigenvalue weighted by Gasteiger charge is -2.11. The molecule has 0 unspecified atom stereocenters. The third-order valence-corrected chi connectivity index (χ3v) is 4.09. The lowest BCUT2D eigenvalue weighted by atomic mass is 10.2. The molecule has 2 amide bonds. The van der Waals surface area contributed by atoms with Gasteiger partial charge in [0.05, 0.1) is 6.21 Å². The fourth-order valence-electron chi connectivity index (χ4n) is 2.30. The minimum absolute atomic E-state index is 0.0510. The molecule has 0 aliphatic rings. The molecule has 0 spiro atoms. The van der Waals surface area contributed by atoms with Gasteiger partial charge in [-0.1, -0.05) is 23.7 Å². The number of amides is 2. The van der Waals surface area contributed by atoms with Crippen LogP contribution in [0.4, 0.5) is 11.4 Å². The third kappa shape index (κ3) is 6.75. The van der Waals surface area contributed by atoms with Crippen molar-refractivity contribution in [1.82, 2.24) is 5.43 Å². The second kappa shape index (κ2) is 9.73. The van der Waals surface area contributed by atoms with Crippen molar-refractivity contribution in [3.8, 4) is 0 Å². The standard InChI is InChI=1S/C20H23ClN4O2/c1-14-12-16(21)6-9-18(14)23-19(26)10-11-20(27)24-22-13-15-4-7-17(8-5-15)25(2)3/h4-9,12-13H,10-11H2,1-3H3,(H,23,26)(H,24,27)/b22-13-. The maximum atomic E-state index is 12.0. The highest BCUT2D eigenvalue weighted by Crippen LogP contribution is 2.19. The molecule has 0 atom stereocenters. The fraction of sp³-hybridized carbons (Fsp3) is 0.250. The summed E-state index contributed by atoms with van der Waals surface area (Å²) in [6.07, 6.45) is 1.69. The average molecular weight is 387 g/mol. The largest absolute Gasteiger partial charge is 0.378 e. The summed E-state index contributed by atoms with van der Waals surface area (Å²) < 4.78 is 0. The maximum absolute atomic E-state index is 12.0. The van der Waals surface area contributed by atoms with Gasteiger partial charge in [-0.3, -0.25) is 9.59 Å². The van der Waals surface area contributed by atoms with Crippen LogP contribution in [0.15, 0.2) is 47.6 Å². The molecule has 7 heteroatoms. The number of hydrogen-bond acceptors (Lipinski definition) is 4. The molecule has 0 bridgehead atoms. The Morgan fingerprint density at radius 2 is 1.74 bits per heavy atom. The van der Waals surface area contributed by atoms with Gasteiger partial charge in [-0.15, -0.1) is 0 Å². The Kier molecular flexibility index (Phi) is 7.37. The zero-order chi connectivity index (χ0) is 19.8. The predicted octanol–water partition coefficient (Wildman–Crippen LogP) is 3.58. The Bertz CT molecular complexity index is 832. The van der Waals surface area contributed by atoms with Gasteiger partial charge in [0.15, 0.2) is 0 Å². The SMILES string of the molecule is Cc1cc(Cl)ccc1NC(=O)CCC(=O)N/N=C\c1ccc(N(C)C)cc1. The number of carbonyl (C=O) groups is 2. The van der Waals surface area contributed by atoms with Gasteiger partial charge >= 0.3 is 0 Å². The molecule has 0 fully saturated rings. The number of nitrogens with one attached hydrogen (secondary N) is 2. The molecule has 0 aliphatic heterocycles. The first-order valence-corrected chi connectivity index (χ1v) is 8.88. The van der Waals surface area contributed by atoms with Crippen LogP contribution in [-0.4, -0.2) is 32.1 Å². The lowest BCUT2D eigenvalue weighted by molar-refractivity contribution is -0.124. The lowest BCUT2D eigenvalue weighted by Crippen LogP contribution is -2.20. The monoisotopic (exact) mass is 386 g/mol. The Morgan fingerprint density at radius 1 is 1.07 bits per heavy atom. The minimum Gasteiger partial charge on any atom is -0.378 e. The zero-order valence-electron chi connectivity index (χ0n) is 15.6. The molecule has 0 aliphatic carbocycles. The van der Waals surface area contributed by atoms with Crippen LogP contribution in [-0.2, 0) is 9.59 Å². The molecule has 2 aromatic carbocycles. The maximum Gasteiger partial charge on any atom is 0.240 e. The number of halogens is 1. The van der Waals surface area contributed by atoms with E-state index in [0.717, 1.165) is 16.8 Å². The second-order valence-corrected chi connectivity index (χ2v) is 6.72.